The van der Waals surface area contributed by atoms with Gasteiger partial charge in [0, 0.05) is 17.8 Å². The molecule has 0 aromatic carbocycles. The molecular formula is C29H42O3. The van der Waals surface area contributed by atoms with Crippen LogP contribution >= 0.6 is 0 Å². The minimum absolute atomic E-state index is 0.0205. The summed E-state index contributed by atoms with van der Waals surface area (Å²) in [6.07, 6.45) is 13.0. The first-order valence-corrected chi connectivity index (χ1v) is 13.1. The van der Waals surface area contributed by atoms with Crippen molar-refractivity contribution in [3.8, 4) is 0 Å². The highest BCUT2D eigenvalue weighted by atomic mass is 16.1. The normalized spacial score (nSPS) is 40.6. The molecule has 0 aromatic rings. The minimum Gasteiger partial charge on any atom is -0.299 e. The first-order valence-electron chi connectivity index (χ1n) is 13.1. The third-order valence-corrected chi connectivity index (χ3v) is 10.5. The summed E-state index contributed by atoms with van der Waals surface area (Å²) in [4.78, 5) is 38.3. The molecule has 3 heteroatoms. The lowest BCUT2D eigenvalue weighted by Gasteiger charge is -2.55. The fourth-order valence-corrected chi connectivity index (χ4v) is 8.42. The number of aldehydes is 1. The SMILES string of the molecule is CCC(CCC(C)[C@H]1CC[C@H]2C3=CC(=O)C4CCCC[C@]4(C)[C@H]3CC(=O)[C@]12C)=C(C)C=O. The molecule has 0 amide bonds. The van der Waals surface area contributed by atoms with Crippen LogP contribution in [0.2, 0.25) is 0 Å². The standard InChI is InChI=1S/C29H42O3/c1-6-20(19(3)17-30)11-10-18(2)22-12-13-23-21-15-26(31)24-9-7-8-14-28(24,4)25(21)16-27(32)29(22,23)5/h15,17-18,22-25H,6-14,16H2,1-5H3/t18?,22-,23+,24?,25+,28+,29-/m1/s1. The van der Waals surface area contributed by atoms with Gasteiger partial charge in [0.25, 0.3) is 0 Å². The van der Waals surface area contributed by atoms with Gasteiger partial charge in [-0.25, -0.2) is 0 Å². The van der Waals surface area contributed by atoms with Gasteiger partial charge in [-0.15, -0.1) is 0 Å². The van der Waals surface area contributed by atoms with Crippen molar-refractivity contribution in [1.82, 2.24) is 0 Å². The summed E-state index contributed by atoms with van der Waals surface area (Å²) in [6.45, 7) is 10.9. The van der Waals surface area contributed by atoms with Crippen molar-refractivity contribution in [1.29, 1.82) is 0 Å². The molecule has 7 atom stereocenters. The summed E-state index contributed by atoms with van der Waals surface area (Å²) < 4.78 is 0. The van der Waals surface area contributed by atoms with Gasteiger partial charge in [-0.2, -0.15) is 0 Å². The van der Waals surface area contributed by atoms with E-state index < -0.39 is 0 Å². The van der Waals surface area contributed by atoms with Crippen molar-refractivity contribution >= 4 is 17.9 Å². The number of carbonyl (C=O) groups excluding carboxylic acids is 3. The van der Waals surface area contributed by atoms with Crippen molar-refractivity contribution in [2.75, 3.05) is 0 Å². The molecule has 0 spiro atoms. The largest absolute Gasteiger partial charge is 0.299 e. The van der Waals surface area contributed by atoms with Gasteiger partial charge >= 0.3 is 0 Å². The fraction of sp³-hybridized carbons (Fsp3) is 0.759. The van der Waals surface area contributed by atoms with Crippen LogP contribution in [0.3, 0.4) is 0 Å². The predicted molar refractivity (Wildman–Crippen MR) is 128 cm³/mol. The van der Waals surface area contributed by atoms with Crippen LogP contribution in [0.15, 0.2) is 22.8 Å². The van der Waals surface area contributed by atoms with Crippen LogP contribution in [-0.2, 0) is 14.4 Å². The first kappa shape index (κ1) is 23.6. The Bertz CT molecular complexity index is 864. The molecule has 0 N–H and O–H groups in total. The van der Waals surface area contributed by atoms with Gasteiger partial charge in [0.15, 0.2) is 5.78 Å². The van der Waals surface area contributed by atoms with Crippen molar-refractivity contribution in [3.63, 3.8) is 0 Å². The Kier molecular flexibility index (Phi) is 6.42. The minimum atomic E-state index is -0.338. The van der Waals surface area contributed by atoms with Crippen molar-refractivity contribution in [2.45, 2.75) is 98.8 Å². The molecule has 0 bridgehead atoms. The number of Topliss-reactive ketones (excluding diaryl/α,β-unsaturated/α-hetero) is 1. The summed E-state index contributed by atoms with van der Waals surface area (Å²) in [6, 6.07) is 0. The van der Waals surface area contributed by atoms with E-state index in [4.69, 9.17) is 0 Å². The van der Waals surface area contributed by atoms with Crippen LogP contribution in [-0.4, -0.2) is 17.9 Å². The van der Waals surface area contributed by atoms with Crippen LogP contribution in [0.1, 0.15) is 98.8 Å². The summed E-state index contributed by atoms with van der Waals surface area (Å²) in [7, 11) is 0. The molecule has 4 aliphatic rings. The Morgan fingerprint density at radius 3 is 2.56 bits per heavy atom. The molecule has 4 rings (SSSR count). The maximum absolute atomic E-state index is 13.8. The van der Waals surface area contributed by atoms with Crippen LogP contribution in [0.4, 0.5) is 0 Å². The van der Waals surface area contributed by atoms with Gasteiger partial charge in [0.2, 0.25) is 0 Å². The second-order valence-corrected chi connectivity index (χ2v) is 11.8. The molecule has 176 valence electrons. The zero-order chi connectivity index (χ0) is 23.3. The Balaban J connectivity index is 1.59. The van der Waals surface area contributed by atoms with E-state index in [0.29, 0.717) is 29.8 Å². The molecule has 3 saturated carbocycles. The number of fused-ring (bicyclic) bond motifs is 5. The highest BCUT2D eigenvalue weighted by molar-refractivity contribution is 5.97. The molecule has 0 heterocycles. The van der Waals surface area contributed by atoms with E-state index in [-0.39, 0.29) is 28.6 Å². The second kappa shape index (κ2) is 8.69. The first-order chi connectivity index (χ1) is 15.2. The molecule has 3 nitrogen and oxygen atoms in total. The zero-order valence-corrected chi connectivity index (χ0v) is 20.8. The lowest BCUT2D eigenvalue weighted by molar-refractivity contribution is -0.143. The average molecular weight is 439 g/mol. The van der Waals surface area contributed by atoms with Crippen LogP contribution in [0.5, 0.6) is 0 Å². The maximum atomic E-state index is 13.8. The van der Waals surface area contributed by atoms with Crippen LogP contribution in [0, 0.1) is 40.4 Å². The molecule has 0 aliphatic heterocycles. The molecule has 2 unspecified atom stereocenters. The van der Waals surface area contributed by atoms with Gasteiger partial charge < -0.3 is 0 Å². The average Bonchev–Trinajstić information content (AvgIpc) is 3.14. The quantitative estimate of drug-likeness (QED) is 0.344. The fourth-order valence-electron chi connectivity index (χ4n) is 8.42. The van der Waals surface area contributed by atoms with Crippen molar-refractivity contribution in [3.05, 3.63) is 22.8 Å². The Labute approximate surface area is 194 Å². The summed E-state index contributed by atoms with van der Waals surface area (Å²) >= 11 is 0. The number of carbonyl (C=O) groups is 3. The Morgan fingerprint density at radius 1 is 1.12 bits per heavy atom. The zero-order valence-electron chi connectivity index (χ0n) is 20.8. The van der Waals surface area contributed by atoms with Gasteiger partial charge in [0.1, 0.15) is 12.1 Å². The van der Waals surface area contributed by atoms with Gasteiger partial charge in [-0.3, -0.25) is 14.4 Å². The van der Waals surface area contributed by atoms with E-state index >= 15 is 0 Å². The Morgan fingerprint density at radius 2 is 1.88 bits per heavy atom. The lowest BCUT2D eigenvalue weighted by Crippen LogP contribution is -2.54. The monoisotopic (exact) mass is 438 g/mol. The van der Waals surface area contributed by atoms with E-state index in [1.165, 1.54) is 17.6 Å². The van der Waals surface area contributed by atoms with Gasteiger partial charge in [0.05, 0.1) is 0 Å². The number of allylic oxidation sites excluding steroid dienone is 4. The molecule has 0 radical (unpaired) electrons. The highest BCUT2D eigenvalue weighted by Crippen LogP contribution is 2.65. The van der Waals surface area contributed by atoms with Crippen LogP contribution < -0.4 is 0 Å². The summed E-state index contributed by atoms with van der Waals surface area (Å²) in [5, 5.41) is 0. The molecule has 4 aliphatic carbocycles. The predicted octanol–water partition coefficient (Wildman–Crippen LogP) is 6.66. The summed E-state index contributed by atoms with van der Waals surface area (Å²) in [5.74, 6) is 2.23. The molecule has 0 aromatic heterocycles. The van der Waals surface area contributed by atoms with Crippen molar-refractivity contribution in [2.24, 2.45) is 40.4 Å². The number of ketones is 2. The second-order valence-electron chi connectivity index (χ2n) is 11.8. The third-order valence-electron chi connectivity index (χ3n) is 10.5. The van der Waals surface area contributed by atoms with Gasteiger partial charge in [-0.1, -0.05) is 51.7 Å². The lowest BCUT2D eigenvalue weighted by atomic mass is 9.47. The van der Waals surface area contributed by atoms with E-state index in [0.717, 1.165) is 63.2 Å². The summed E-state index contributed by atoms with van der Waals surface area (Å²) in [5.41, 5.74) is 3.09. The Hall–Kier alpha value is -1.51. The van der Waals surface area contributed by atoms with Gasteiger partial charge in [-0.05, 0) is 92.6 Å². The van der Waals surface area contributed by atoms with E-state index in [1.807, 2.05) is 13.0 Å². The number of hydrogen-bond donors (Lipinski definition) is 0. The molecule has 3 fully saturated rings. The number of rotatable bonds is 6. The molecule has 32 heavy (non-hydrogen) atoms. The third kappa shape index (κ3) is 3.49. The smallest absolute Gasteiger partial charge is 0.159 e. The molecule has 0 saturated heterocycles. The topological polar surface area (TPSA) is 51.2 Å². The van der Waals surface area contributed by atoms with E-state index in [2.05, 4.69) is 27.7 Å². The van der Waals surface area contributed by atoms with Crippen LogP contribution in [0.25, 0.3) is 0 Å². The van der Waals surface area contributed by atoms with E-state index in [9.17, 15) is 14.4 Å². The van der Waals surface area contributed by atoms with E-state index in [1.54, 1.807) is 0 Å². The van der Waals surface area contributed by atoms with Crippen molar-refractivity contribution < 1.29 is 14.4 Å². The number of hydrogen-bond acceptors (Lipinski definition) is 3. The highest BCUT2D eigenvalue weighted by Gasteiger charge is 2.62. The maximum Gasteiger partial charge on any atom is 0.159 e. The molecular weight excluding hydrogens is 396 g/mol.